The van der Waals surface area contributed by atoms with Crippen molar-refractivity contribution in [2.75, 3.05) is 13.7 Å². The van der Waals surface area contributed by atoms with Crippen molar-refractivity contribution in [2.24, 2.45) is 0 Å². The average Bonchev–Trinajstić information content (AvgIpc) is 2.37. The Balaban J connectivity index is 2.72. The predicted molar refractivity (Wildman–Crippen MR) is 68.5 cm³/mol. The second-order valence-corrected chi connectivity index (χ2v) is 3.90. The van der Waals surface area contributed by atoms with Crippen LogP contribution in [0, 0.1) is 0 Å². The van der Waals surface area contributed by atoms with Crippen LogP contribution in [0.3, 0.4) is 0 Å². The van der Waals surface area contributed by atoms with Gasteiger partial charge in [0.1, 0.15) is 6.04 Å². The maximum absolute atomic E-state index is 11.5. The normalized spacial score (nSPS) is 12.2. The van der Waals surface area contributed by atoms with Crippen LogP contribution in [-0.4, -0.2) is 30.6 Å². The molecule has 0 heterocycles. The lowest BCUT2D eigenvalue weighted by Crippen LogP contribution is -2.39. The Kier molecular flexibility index (Phi) is 5.43. The van der Waals surface area contributed by atoms with E-state index in [0.717, 1.165) is 0 Å². The molecular formula is C14H19NO2. The Morgan fingerprint density at radius 1 is 1.47 bits per heavy atom. The highest BCUT2D eigenvalue weighted by Gasteiger charge is 2.20. The molecule has 1 aromatic carbocycles. The van der Waals surface area contributed by atoms with Crippen molar-refractivity contribution in [2.45, 2.75) is 19.5 Å². The van der Waals surface area contributed by atoms with Gasteiger partial charge in [0.25, 0.3) is 0 Å². The summed E-state index contributed by atoms with van der Waals surface area (Å²) in [6.45, 7) is 6.93. The number of nitrogens with zero attached hydrogens (tertiary/aromatic N) is 1. The van der Waals surface area contributed by atoms with Gasteiger partial charge < -0.3 is 4.74 Å². The first-order valence-corrected chi connectivity index (χ1v) is 5.65. The Bertz CT molecular complexity index is 362. The maximum atomic E-state index is 11.5. The molecule has 0 bridgehead atoms. The van der Waals surface area contributed by atoms with Crippen molar-refractivity contribution in [3.05, 3.63) is 48.6 Å². The van der Waals surface area contributed by atoms with Gasteiger partial charge >= 0.3 is 5.97 Å². The molecule has 1 rings (SSSR count). The summed E-state index contributed by atoms with van der Waals surface area (Å²) in [6.07, 6.45) is 1.79. The number of carbonyl (C=O) groups excluding carboxylic acids is 1. The average molecular weight is 233 g/mol. The monoisotopic (exact) mass is 233 g/mol. The van der Waals surface area contributed by atoms with E-state index in [1.807, 2.05) is 42.2 Å². The molecule has 0 spiro atoms. The topological polar surface area (TPSA) is 29.5 Å². The third-order valence-corrected chi connectivity index (χ3v) is 2.68. The first-order chi connectivity index (χ1) is 8.19. The molecule has 17 heavy (non-hydrogen) atoms. The maximum Gasteiger partial charge on any atom is 0.322 e. The first kappa shape index (κ1) is 13.5. The van der Waals surface area contributed by atoms with Gasteiger partial charge in [-0.3, -0.25) is 9.69 Å². The van der Waals surface area contributed by atoms with Gasteiger partial charge in [-0.25, -0.2) is 0 Å². The van der Waals surface area contributed by atoms with Crippen LogP contribution in [0.4, 0.5) is 0 Å². The minimum atomic E-state index is -0.266. The van der Waals surface area contributed by atoms with Gasteiger partial charge in [-0.05, 0) is 12.5 Å². The highest BCUT2D eigenvalue weighted by Crippen LogP contribution is 2.09. The van der Waals surface area contributed by atoms with Crippen molar-refractivity contribution in [1.29, 1.82) is 0 Å². The smallest absolute Gasteiger partial charge is 0.322 e. The van der Waals surface area contributed by atoms with E-state index in [2.05, 4.69) is 6.58 Å². The highest BCUT2D eigenvalue weighted by molar-refractivity contribution is 5.75. The van der Waals surface area contributed by atoms with Gasteiger partial charge in [-0.2, -0.15) is 0 Å². The fourth-order valence-corrected chi connectivity index (χ4v) is 1.66. The van der Waals surface area contributed by atoms with E-state index in [9.17, 15) is 4.79 Å². The summed E-state index contributed by atoms with van der Waals surface area (Å²) >= 11 is 0. The summed E-state index contributed by atoms with van der Waals surface area (Å²) in [5.41, 5.74) is 1.17. The fourth-order valence-electron chi connectivity index (χ4n) is 1.66. The largest absolute Gasteiger partial charge is 0.468 e. The molecular weight excluding hydrogens is 214 g/mol. The number of carbonyl (C=O) groups is 1. The number of hydrogen-bond acceptors (Lipinski definition) is 3. The number of rotatable bonds is 6. The Hall–Kier alpha value is -1.61. The van der Waals surface area contributed by atoms with Crippen LogP contribution in [0.15, 0.2) is 43.0 Å². The number of methoxy groups -OCH3 is 1. The molecule has 0 fully saturated rings. The lowest BCUT2D eigenvalue weighted by Gasteiger charge is -2.25. The molecule has 3 nitrogen and oxygen atoms in total. The summed E-state index contributed by atoms with van der Waals surface area (Å²) in [7, 11) is 1.41. The van der Waals surface area contributed by atoms with Gasteiger partial charge in [-0.15, -0.1) is 6.58 Å². The lowest BCUT2D eigenvalue weighted by atomic mass is 10.2. The molecule has 1 atom stereocenters. The van der Waals surface area contributed by atoms with Gasteiger partial charge in [0.05, 0.1) is 7.11 Å². The Morgan fingerprint density at radius 2 is 2.12 bits per heavy atom. The van der Waals surface area contributed by atoms with Crippen molar-refractivity contribution >= 4 is 5.97 Å². The molecule has 0 N–H and O–H groups in total. The third kappa shape index (κ3) is 4.04. The molecule has 3 heteroatoms. The van der Waals surface area contributed by atoms with E-state index in [1.54, 1.807) is 6.08 Å². The van der Waals surface area contributed by atoms with Gasteiger partial charge in [0.15, 0.2) is 0 Å². The fraction of sp³-hybridized carbons (Fsp3) is 0.357. The van der Waals surface area contributed by atoms with E-state index in [-0.39, 0.29) is 12.0 Å². The van der Waals surface area contributed by atoms with Crippen molar-refractivity contribution in [1.82, 2.24) is 4.90 Å². The second-order valence-electron chi connectivity index (χ2n) is 3.90. The zero-order valence-corrected chi connectivity index (χ0v) is 10.4. The van der Waals surface area contributed by atoms with Gasteiger partial charge in [0.2, 0.25) is 0 Å². The molecule has 0 aliphatic rings. The molecule has 92 valence electrons. The summed E-state index contributed by atoms with van der Waals surface area (Å²) in [5, 5.41) is 0. The lowest BCUT2D eigenvalue weighted by molar-refractivity contribution is -0.146. The first-order valence-electron chi connectivity index (χ1n) is 5.65. The number of benzene rings is 1. The van der Waals surface area contributed by atoms with Crippen molar-refractivity contribution in [3.8, 4) is 0 Å². The number of hydrogen-bond donors (Lipinski definition) is 0. The van der Waals surface area contributed by atoms with E-state index >= 15 is 0 Å². The Labute approximate surface area is 103 Å². The molecule has 0 aliphatic heterocycles. The van der Waals surface area contributed by atoms with Crippen LogP contribution in [0.2, 0.25) is 0 Å². The van der Waals surface area contributed by atoms with Crippen LogP contribution in [0.5, 0.6) is 0 Å². The molecule has 0 aliphatic carbocycles. The van der Waals surface area contributed by atoms with Crippen LogP contribution in [0.25, 0.3) is 0 Å². The zero-order valence-electron chi connectivity index (χ0n) is 10.4. The molecule has 0 aromatic heterocycles. The predicted octanol–water partition coefficient (Wildman–Crippen LogP) is 2.24. The van der Waals surface area contributed by atoms with E-state index in [4.69, 9.17) is 4.74 Å². The SMILES string of the molecule is C=CCN(Cc1ccccc1)[C@@H](C)C(=O)OC. The zero-order chi connectivity index (χ0) is 12.7. The third-order valence-electron chi connectivity index (χ3n) is 2.68. The highest BCUT2D eigenvalue weighted by atomic mass is 16.5. The van der Waals surface area contributed by atoms with Crippen LogP contribution >= 0.6 is 0 Å². The van der Waals surface area contributed by atoms with Gasteiger partial charge in [0, 0.05) is 13.1 Å². The van der Waals surface area contributed by atoms with Crippen LogP contribution in [-0.2, 0) is 16.1 Å². The summed E-state index contributed by atoms with van der Waals surface area (Å²) < 4.78 is 4.76. The second kappa shape index (κ2) is 6.86. The van der Waals surface area contributed by atoms with Crippen LogP contribution in [0.1, 0.15) is 12.5 Å². The van der Waals surface area contributed by atoms with E-state index < -0.39 is 0 Å². The van der Waals surface area contributed by atoms with E-state index in [1.165, 1.54) is 12.7 Å². The molecule has 0 saturated carbocycles. The van der Waals surface area contributed by atoms with E-state index in [0.29, 0.717) is 13.1 Å². The summed E-state index contributed by atoms with van der Waals surface area (Å²) in [6, 6.07) is 9.78. The molecule has 0 unspecified atom stereocenters. The Morgan fingerprint density at radius 3 is 2.65 bits per heavy atom. The summed E-state index contributed by atoms with van der Waals surface area (Å²) in [5.74, 6) is -0.220. The minimum absolute atomic E-state index is 0.220. The minimum Gasteiger partial charge on any atom is -0.468 e. The summed E-state index contributed by atoms with van der Waals surface area (Å²) in [4.78, 5) is 13.5. The van der Waals surface area contributed by atoms with Crippen LogP contribution < -0.4 is 0 Å². The standard InChI is InChI=1S/C14H19NO2/c1-4-10-15(12(2)14(16)17-3)11-13-8-6-5-7-9-13/h4-9,12H,1,10-11H2,2-3H3/t12-/m0/s1. The van der Waals surface area contributed by atoms with Gasteiger partial charge in [-0.1, -0.05) is 36.4 Å². The molecule has 1 aromatic rings. The van der Waals surface area contributed by atoms with Crippen molar-refractivity contribution in [3.63, 3.8) is 0 Å². The number of ether oxygens (including phenoxy) is 1. The molecule has 0 saturated heterocycles. The number of esters is 1. The molecule has 0 amide bonds. The quantitative estimate of drug-likeness (QED) is 0.557. The molecule has 0 radical (unpaired) electrons. The van der Waals surface area contributed by atoms with Crippen molar-refractivity contribution < 1.29 is 9.53 Å².